The first-order valence-corrected chi connectivity index (χ1v) is 8.18. The van der Waals surface area contributed by atoms with E-state index in [1.54, 1.807) is 0 Å². The molecule has 2 rings (SSSR count). The fourth-order valence-corrected chi connectivity index (χ4v) is 3.49. The topological polar surface area (TPSA) is 29.1 Å². The molecule has 1 N–H and O–H groups in total. The van der Waals surface area contributed by atoms with E-state index >= 15 is 0 Å². The van der Waals surface area contributed by atoms with Gasteiger partial charge in [0.05, 0.1) is 6.42 Å². The molecule has 4 heteroatoms. The van der Waals surface area contributed by atoms with Crippen LogP contribution in [-0.4, -0.2) is 18.3 Å². The summed E-state index contributed by atoms with van der Waals surface area (Å²) in [6.07, 6.45) is 5.22. The molecule has 2 atom stereocenters. The lowest BCUT2D eigenvalue weighted by Crippen LogP contribution is -2.35. The molecule has 1 amide bonds. The summed E-state index contributed by atoms with van der Waals surface area (Å²) in [5, 5.41) is 3.69. The molecule has 1 aromatic rings. The van der Waals surface area contributed by atoms with Crippen LogP contribution in [0.25, 0.3) is 0 Å². The van der Waals surface area contributed by atoms with Crippen LogP contribution < -0.4 is 5.32 Å². The van der Waals surface area contributed by atoms with E-state index in [9.17, 15) is 4.79 Å². The second-order valence-electron chi connectivity index (χ2n) is 5.53. The van der Waals surface area contributed by atoms with E-state index in [0.29, 0.717) is 29.2 Å². The molecule has 0 radical (unpaired) electrons. The highest BCUT2D eigenvalue weighted by Crippen LogP contribution is 2.30. The Morgan fingerprint density at radius 3 is 2.60 bits per heavy atom. The average Bonchev–Trinajstić information content (AvgIpc) is 2.48. The summed E-state index contributed by atoms with van der Waals surface area (Å²) in [4.78, 5) is 12.0. The summed E-state index contributed by atoms with van der Waals surface area (Å²) in [5.41, 5.74) is 0.879. The van der Waals surface area contributed by atoms with Crippen LogP contribution in [0.1, 0.15) is 31.2 Å². The highest BCUT2D eigenvalue weighted by atomic mass is 35.5. The third kappa shape index (κ3) is 4.39. The maximum absolute atomic E-state index is 12.0. The Balaban J connectivity index is 1.81. The van der Waals surface area contributed by atoms with Gasteiger partial charge in [0.2, 0.25) is 5.91 Å². The molecule has 1 fully saturated rings. The van der Waals surface area contributed by atoms with E-state index in [1.165, 1.54) is 25.7 Å². The number of benzene rings is 1. The lowest BCUT2D eigenvalue weighted by atomic mass is 9.80. The number of amides is 1. The smallest absolute Gasteiger partial charge is 0.224 e. The molecule has 2 nitrogen and oxygen atoms in total. The van der Waals surface area contributed by atoms with Crippen molar-refractivity contribution >= 4 is 29.1 Å². The normalized spacial score (nSPS) is 22.5. The van der Waals surface area contributed by atoms with Crippen LogP contribution in [0.4, 0.5) is 0 Å². The third-order valence-corrected chi connectivity index (χ3v) is 4.90. The number of hydrogen-bond acceptors (Lipinski definition) is 1. The van der Waals surface area contributed by atoms with Crippen molar-refractivity contribution in [2.45, 2.75) is 32.1 Å². The molecule has 0 aromatic heterocycles. The monoisotopic (exact) mass is 313 g/mol. The predicted octanol–water partition coefficient (Wildman–Crippen LogP) is 4.04. The summed E-state index contributed by atoms with van der Waals surface area (Å²) in [6.45, 7) is 0.737. The van der Waals surface area contributed by atoms with Crippen LogP contribution in [0.5, 0.6) is 0 Å². The summed E-state index contributed by atoms with van der Waals surface area (Å²) < 4.78 is 0. The van der Waals surface area contributed by atoms with E-state index < -0.39 is 0 Å². The summed E-state index contributed by atoms with van der Waals surface area (Å²) in [6, 6.07) is 7.48. The molecule has 110 valence electrons. The number of halogens is 2. The van der Waals surface area contributed by atoms with E-state index in [1.807, 2.05) is 24.3 Å². The number of nitrogens with one attached hydrogen (secondary N) is 1. The number of rotatable bonds is 5. The fourth-order valence-electron chi connectivity index (χ4n) is 2.88. The van der Waals surface area contributed by atoms with Gasteiger partial charge in [-0.2, -0.15) is 0 Å². The van der Waals surface area contributed by atoms with Crippen LogP contribution in [0, 0.1) is 11.8 Å². The zero-order chi connectivity index (χ0) is 14.4. The molecule has 2 unspecified atom stereocenters. The first kappa shape index (κ1) is 15.7. The van der Waals surface area contributed by atoms with Gasteiger partial charge in [0.15, 0.2) is 0 Å². The average molecular weight is 314 g/mol. The minimum absolute atomic E-state index is 0.0389. The second-order valence-corrected chi connectivity index (χ2v) is 6.25. The van der Waals surface area contributed by atoms with Gasteiger partial charge < -0.3 is 5.32 Å². The van der Waals surface area contributed by atoms with Crippen molar-refractivity contribution in [2.75, 3.05) is 12.4 Å². The zero-order valence-electron chi connectivity index (χ0n) is 11.6. The minimum Gasteiger partial charge on any atom is -0.356 e. The molecular formula is C16H21Cl2NO. The summed E-state index contributed by atoms with van der Waals surface area (Å²) in [7, 11) is 0. The number of hydrogen-bond donors (Lipinski definition) is 1. The van der Waals surface area contributed by atoms with Crippen LogP contribution in [-0.2, 0) is 11.2 Å². The van der Waals surface area contributed by atoms with Gasteiger partial charge in [0.1, 0.15) is 0 Å². The van der Waals surface area contributed by atoms with Crippen LogP contribution in [0.3, 0.4) is 0 Å². The maximum atomic E-state index is 12.0. The Kier molecular flexibility index (Phi) is 6.18. The van der Waals surface area contributed by atoms with Crippen molar-refractivity contribution in [3.8, 4) is 0 Å². The van der Waals surface area contributed by atoms with Crippen molar-refractivity contribution in [1.82, 2.24) is 5.32 Å². The Morgan fingerprint density at radius 2 is 1.90 bits per heavy atom. The molecule has 0 heterocycles. The van der Waals surface area contributed by atoms with Crippen LogP contribution in [0.15, 0.2) is 24.3 Å². The Hall–Kier alpha value is -0.730. The lowest BCUT2D eigenvalue weighted by molar-refractivity contribution is -0.120. The van der Waals surface area contributed by atoms with E-state index in [2.05, 4.69) is 5.32 Å². The zero-order valence-corrected chi connectivity index (χ0v) is 13.1. The van der Waals surface area contributed by atoms with Crippen molar-refractivity contribution in [2.24, 2.45) is 11.8 Å². The number of carbonyl (C=O) groups excluding carboxylic acids is 1. The lowest BCUT2D eigenvalue weighted by Gasteiger charge is -2.30. The van der Waals surface area contributed by atoms with Crippen molar-refractivity contribution in [3.05, 3.63) is 34.9 Å². The van der Waals surface area contributed by atoms with E-state index in [4.69, 9.17) is 23.2 Å². The Bertz CT molecular complexity index is 450. The van der Waals surface area contributed by atoms with Crippen LogP contribution in [0.2, 0.25) is 5.02 Å². The molecule has 0 saturated heterocycles. The van der Waals surface area contributed by atoms with Gasteiger partial charge in [-0.1, -0.05) is 42.6 Å². The quantitative estimate of drug-likeness (QED) is 0.816. The number of carbonyl (C=O) groups is 1. The maximum Gasteiger partial charge on any atom is 0.224 e. The largest absolute Gasteiger partial charge is 0.356 e. The molecule has 20 heavy (non-hydrogen) atoms. The van der Waals surface area contributed by atoms with Gasteiger partial charge in [-0.3, -0.25) is 4.79 Å². The van der Waals surface area contributed by atoms with Gasteiger partial charge >= 0.3 is 0 Å². The van der Waals surface area contributed by atoms with E-state index in [-0.39, 0.29) is 5.91 Å². The van der Waals surface area contributed by atoms with Crippen LogP contribution >= 0.6 is 23.2 Å². The van der Waals surface area contributed by atoms with Crippen molar-refractivity contribution in [1.29, 1.82) is 0 Å². The molecular weight excluding hydrogens is 293 g/mol. The number of alkyl halides is 1. The van der Waals surface area contributed by atoms with Gasteiger partial charge in [-0.05, 0) is 36.3 Å². The second kappa shape index (κ2) is 7.90. The Morgan fingerprint density at radius 1 is 1.20 bits per heavy atom. The van der Waals surface area contributed by atoms with Gasteiger partial charge in [0.25, 0.3) is 0 Å². The molecule has 1 aliphatic rings. The van der Waals surface area contributed by atoms with Gasteiger partial charge in [-0.25, -0.2) is 0 Å². The Labute approximate surface area is 130 Å². The van der Waals surface area contributed by atoms with Crippen molar-refractivity contribution < 1.29 is 4.79 Å². The first-order valence-electron chi connectivity index (χ1n) is 7.26. The fraction of sp³-hybridized carbons (Fsp3) is 0.562. The summed E-state index contributed by atoms with van der Waals surface area (Å²) >= 11 is 12.1. The molecule has 1 saturated carbocycles. The molecule has 0 spiro atoms. The highest BCUT2D eigenvalue weighted by molar-refractivity contribution is 6.31. The van der Waals surface area contributed by atoms with Gasteiger partial charge in [0, 0.05) is 17.4 Å². The third-order valence-electron chi connectivity index (χ3n) is 4.13. The molecule has 1 aromatic carbocycles. The minimum atomic E-state index is 0.0389. The standard InChI is InChI=1S/C16H21Cl2NO/c17-10-13-6-1-2-7-14(13)11-19-16(20)9-12-5-3-4-8-15(12)18/h3-5,8,13-14H,1-2,6-7,9-11H2,(H,19,20). The highest BCUT2D eigenvalue weighted by Gasteiger charge is 2.24. The van der Waals surface area contributed by atoms with E-state index in [0.717, 1.165) is 12.1 Å². The van der Waals surface area contributed by atoms with Crippen molar-refractivity contribution in [3.63, 3.8) is 0 Å². The predicted molar refractivity (Wildman–Crippen MR) is 84.3 cm³/mol. The summed E-state index contributed by atoms with van der Waals surface area (Å²) in [5.74, 6) is 1.81. The SMILES string of the molecule is O=C(Cc1ccccc1Cl)NCC1CCCCC1CCl. The first-order chi connectivity index (χ1) is 9.70. The molecule has 0 aliphatic heterocycles. The molecule has 0 bridgehead atoms. The van der Waals surface area contributed by atoms with Gasteiger partial charge in [-0.15, -0.1) is 11.6 Å². The molecule has 1 aliphatic carbocycles.